The highest BCUT2D eigenvalue weighted by Gasteiger charge is 2.66. The zero-order chi connectivity index (χ0) is 31.0. The number of fused-ring (bicyclic) bond motifs is 1. The molecule has 1 aromatic rings. The quantitative estimate of drug-likeness (QED) is 0.271. The van der Waals surface area contributed by atoms with Crippen molar-refractivity contribution in [2.24, 2.45) is 11.8 Å². The second-order valence-corrected chi connectivity index (χ2v) is 10.8. The van der Waals surface area contributed by atoms with Gasteiger partial charge in [0.25, 0.3) is 0 Å². The molecule has 40 heavy (non-hydrogen) atoms. The predicted octanol–water partition coefficient (Wildman–Crippen LogP) is 0.973. The molecule has 3 rings (SSSR count). The van der Waals surface area contributed by atoms with Gasteiger partial charge in [0.05, 0.1) is 23.8 Å². The molecule has 0 bridgehead atoms. The largest absolute Gasteiger partial charge is 0.573 e. The second kappa shape index (κ2) is 11.2. The molecule has 2 heterocycles. The monoisotopic (exact) mass is 607 g/mol. The molecule has 0 spiro atoms. The zero-order valence-corrected chi connectivity index (χ0v) is 21.8. The van der Waals surface area contributed by atoms with Crippen molar-refractivity contribution in [2.45, 2.75) is 35.9 Å². The van der Waals surface area contributed by atoms with E-state index in [-0.39, 0.29) is 11.4 Å². The maximum absolute atomic E-state index is 13.0. The first-order chi connectivity index (χ1) is 18.1. The number of rotatable bonds is 6. The number of nitrogens with one attached hydrogen (secondary N) is 1. The molecule has 0 aromatic heterocycles. The summed E-state index contributed by atoms with van der Waals surface area (Å²) in [6, 6.07) is 2.72. The van der Waals surface area contributed by atoms with Crippen LogP contribution in [0.3, 0.4) is 0 Å². The minimum atomic E-state index is -5.08. The van der Waals surface area contributed by atoms with Crippen molar-refractivity contribution in [2.75, 3.05) is 27.7 Å². The highest BCUT2D eigenvalue weighted by molar-refractivity contribution is 7.89. The van der Waals surface area contributed by atoms with Gasteiger partial charge in [0.2, 0.25) is 21.8 Å². The Bertz CT molecular complexity index is 1270. The number of likely N-dealkylation sites (tertiary alicyclic amines) is 1. The number of amides is 2. The number of alkyl halides is 6. The number of esters is 1. The summed E-state index contributed by atoms with van der Waals surface area (Å²) in [6.07, 6.45) is -10.0. The number of carbonyl (C=O) groups excluding carboxylic acids is 3. The summed E-state index contributed by atoms with van der Waals surface area (Å²) in [5.74, 6) is -7.35. The number of carbonyl (C=O) groups is 4. The number of ether oxygens (including phenoxy) is 2. The normalized spacial score (nSPS) is 24.9. The SMILES string of the molecule is COC(=O)[C@]1(C)N[C@H](CN(C)S(=O)(=O)c2ccc(OC(F)(F)F)cc2)[C@@H]2C(=O)N(C)C(=O)[C@@H]21.O=C(O)C(F)(F)F. The fraction of sp³-hybridized carbons (Fsp3) is 0.524. The van der Waals surface area contributed by atoms with Crippen LogP contribution in [0.15, 0.2) is 29.2 Å². The molecular weight excluding hydrogens is 584 g/mol. The van der Waals surface area contributed by atoms with E-state index in [1.54, 1.807) is 0 Å². The van der Waals surface area contributed by atoms with Gasteiger partial charge < -0.3 is 14.6 Å². The van der Waals surface area contributed by atoms with Crippen LogP contribution in [0.5, 0.6) is 5.75 Å². The minimum Gasteiger partial charge on any atom is -0.475 e. The average molecular weight is 607 g/mol. The lowest BCUT2D eigenvalue weighted by Gasteiger charge is -2.29. The third kappa shape index (κ3) is 6.64. The van der Waals surface area contributed by atoms with Gasteiger partial charge in [-0.3, -0.25) is 24.6 Å². The summed E-state index contributed by atoms with van der Waals surface area (Å²) in [4.78, 5) is 47.3. The van der Waals surface area contributed by atoms with Crippen LogP contribution in [0.1, 0.15) is 6.92 Å². The number of likely N-dealkylation sites (N-methyl/N-ethyl adjacent to an activating group) is 1. The molecule has 2 saturated heterocycles. The van der Waals surface area contributed by atoms with E-state index in [1.165, 1.54) is 21.0 Å². The number of methoxy groups -OCH3 is 1. The van der Waals surface area contributed by atoms with E-state index in [2.05, 4.69) is 10.1 Å². The van der Waals surface area contributed by atoms with Gasteiger partial charge in [0.15, 0.2) is 0 Å². The van der Waals surface area contributed by atoms with Gasteiger partial charge in [-0.05, 0) is 31.2 Å². The van der Waals surface area contributed by atoms with Crippen LogP contribution in [-0.2, 0) is 33.9 Å². The van der Waals surface area contributed by atoms with Gasteiger partial charge in [-0.2, -0.15) is 17.5 Å². The molecule has 2 N–H and O–H groups in total. The number of carboxylic acid groups (broad SMARTS) is 1. The number of imide groups is 1. The summed E-state index contributed by atoms with van der Waals surface area (Å²) in [5.41, 5.74) is -1.55. The van der Waals surface area contributed by atoms with Crippen molar-refractivity contribution in [1.29, 1.82) is 0 Å². The summed E-state index contributed by atoms with van der Waals surface area (Å²) in [7, 11) is -0.569. The van der Waals surface area contributed by atoms with Crippen LogP contribution >= 0.6 is 0 Å². The molecule has 2 aliphatic rings. The van der Waals surface area contributed by atoms with E-state index in [1.807, 2.05) is 0 Å². The first-order valence-electron chi connectivity index (χ1n) is 10.9. The van der Waals surface area contributed by atoms with Gasteiger partial charge in [-0.25, -0.2) is 13.2 Å². The summed E-state index contributed by atoms with van der Waals surface area (Å²) in [5, 5.41) is 10.0. The number of hydrogen-bond donors (Lipinski definition) is 2. The summed E-state index contributed by atoms with van der Waals surface area (Å²) < 4.78 is 104. The molecule has 0 radical (unpaired) electrons. The summed E-state index contributed by atoms with van der Waals surface area (Å²) in [6.45, 7) is 1.11. The molecule has 0 unspecified atom stereocenters. The first-order valence-corrected chi connectivity index (χ1v) is 12.3. The topological polar surface area (TPSA) is 160 Å². The number of carboxylic acids is 1. The van der Waals surface area contributed by atoms with E-state index in [9.17, 15) is 49.1 Å². The van der Waals surface area contributed by atoms with Gasteiger partial charge in [0.1, 0.15) is 11.3 Å². The number of hydrogen-bond acceptors (Lipinski definition) is 9. The fourth-order valence-electron chi connectivity index (χ4n) is 4.34. The Morgan fingerprint density at radius 1 is 1.10 bits per heavy atom. The van der Waals surface area contributed by atoms with Crippen LogP contribution in [-0.4, -0.2) is 98.4 Å². The molecule has 2 fully saturated rings. The Kier molecular flexibility index (Phi) is 9.17. The van der Waals surface area contributed by atoms with Gasteiger partial charge in [-0.1, -0.05) is 0 Å². The smallest absolute Gasteiger partial charge is 0.475 e. The van der Waals surface area contributed by atoms with Gasteiger partial charge in [-0.15, -0.1) is 13.2 Å². The Labute approximate surface area is 222 Å². The van der Waals surface area contributed by atoms with Gasteiger partial charge >= 0.3 is 24.5 Å². The molecule has 0 aliphatic carbocycles. The highest BCUT2D eigenvalue weighted by atomic mass is 32.2. The number of halogens is 6. The number of aliphatic carboxylic acids is 1. The number of benzene rings is 1. The maximum atomic E-state index is 13.0. The van der Waals surface area contributed by atoms with E-state index in [0.29, 0.717) is 0 Å². The molecule has 1 aromatic carbocycles. The van der Waals surface area contributed by atoms with Crippen LogP contribution in [0, 0.1) is 11.8 Å². The molecule has 12 nitrogen and oxygen atoms in total. The Balaban J connectivity index is 0.000000708. The van der Waals surface area contributed by atoms with Crippen molar-refractivity contribution < 1.29 is 68.5 Å². The first kappa shape index (κ1) is 32.8. The van der Waals surface area contributed by atoms with Gasteiger partial charge in [0, 0.05) is 26.7 Å². The molecule has 224 valence electrons. The van der Waals surface area contributed by atoms with E-state index >= 15 is 0 Å². The molecular formula is C21H23F6N3O9S. The fourth-order valence-corrected chi connectivity index (χ4v) is 5.53. The lowest BCUT2D eigenvalue weighted by Crippen LogP contribution is -2.56. The number of sulfonamides is 1. The third-order valence-electron chi connectivity index (χ3n) is 6.18. The van der Waals surface area contributed by atoms with Crippen LogP contribution in [0.25, 0.3) is 0 Å². The Hall–Kier alpha value is -3.45. The highest BCUT2D eigenvalue weighted by Crippen LogP contribution is 2.43. The molecule has 4 atom stereocenters. The second-order valence-electron chi connectivity index (χ2n) is 8.79. The molecule has 2 amide bonds. The van der Waals surface area contributed by atoms with Crippen molar-refractivity contribution in [3.63, 3.8) is 0 Å². The number of nitrogens with zero attached hydrogens (tertiary/aromatic N) is 2. The minimum absolute atomic E-state index is 0.302. The molecule has 19 heteroatoms. The lowest BCUT2D eigenvalue weighted by molar-refractivity contribution is -0.274. The summed E-state index contributed by atoms with van der Waals surface area (Å²) >= 11 is 0. The van der Waals surface area contributed by atoms with Crippen molar-refractivity contribution in [3.8, 4) is 5.75 Å². The molecule has 0 saturated carbocycles. The average Bonchev–Trinajstić information content (AvgIpc) is 3.25. The van der Waals surface area contributed by atoms with Crippen LogP contribution in [0.2, 0.25) is 0 Å². The predicted molar refractivity (Wildman–Crippen MR) is 119 cm³/mol. The van der Waals surface area contributed by atoms with E-state index < -0.39 is 75.5 Å². The van der Waals surface area contributed by atoms with E-state index in [0.717, 1.165) is 40.6 Å². The Morgan fingerprint density at radius 3 is 2.02 bits per heavy atom. The molecule has 2 aliphatic heterocycles. The van der Waals surface area contributed by atoms with Crippen LogP contribution in [0.4, 0.5) is 26.3 Å². The maximum Gasteiger partial charge on any atom is 0.573 e. The Morgan fingerprint density at radius 2 is 1.60 bits per heavy atom. The third-order valence-corrected chi connectivity index (χ3v) is 8.02. The standard InChI is InChI=1S/C19H22F3N3O7S.C2HF3O2/c1-18(17(28)31-4)14-13(15(26)25(3)16(14)27)12(23-18)9-24(2)33(29,30)11-7-5-10(6-8-11)32-19(20,21)22;3-2(4,5)1(6)7/h5-8,12-14,23H,9H2,1-4H3;(H,6,7)/t12-,13+,14-,18-;/m1./s1. The zero-order valence-electron chi connectivity index (χ0n) is 21.0. The van der Waals surface area contributed by atoms with Crippen molar-refractivity contribution in [3.05, 3.63) is 24.3 Å². The van der Waals surface area contributed by atoms with Crippen molar-refractivity contribution in [1.82, 2.24) is 14.5 Å². The lowest BCUT2D eigenvalue weighted by atomic mass is 9.81. The van der Waals surface area contributed by atoms with Crippen molar-refractivity contribution >= 4 is 33.8 Å². The van der Waals surface area contributed by atoms with Crippen LogP contribution < -0.4 is 10.1 Å². The van der Waals surface area contributed by atoms with E-state index in [4.69, 9.17) is 14.6 Å².